The number of nitrogens with two attached hydrogens (primary N) is 2. The summed E-state index contributed by atoms with van der Waals surface area (Å²) in [6.07, 6.45) is 0. The average molecular weight is 618 g/mol. The van der Waals surface area contributed by atoms with Gasteiger partial charge in [-0.2, -0.15) is 9.97 Å². The minimum Gasteiger partial charge on any atom is -0.496 e. The fourth-order valence-electron chi connectivity index (χ4n) is 5.31. The third-order valence-corrected chi connectivity index (χ3v) is 7.39. The van der Waals surface area contributed by atoms with E-state index in [-0.39, 0.29) is 66.5 Å². The number of esters is 2. The first-order valence-corrected chi connectivity index (χ1v) is 14.4. The van der Waals surface area contributed by atoms with Gasteiger partial charge in [0.1, 0.15) is 51.7 Å². The number of nitrogen functional groups attached to an aromatic ring is 2. The molecule has 1 aromatic carbocycles. The van der Waals surface area contributed by atoms with Gasteiger partial charge in [-0.3, -0.25) is 4.90 Å². The number of carbonyl (C=O) groups is 2. The van der Waals surface area contributed by atoms with Crippen molar-refractivity contribution in [1.29, 1.82) is 0 Å². The van der Waals surface area contributed by atoms with Crippen molar-refractivity contribution < 1.29 is 32.6 Å². The number of furan rings is 2. The smallest absolute Gasteiger partial charge is 0.342 e. The number of hydrogen-bond donors (Lipinski definition) is 2. The fraction of sp³-hybridized carbons (Fsp3) is 0.355. The zero-order valence-electron chi connectivity index (χ0n) is 26.0. The molecule has 5 rings (SSSR count). The number of para-hydroxylation sites is 1. The molecular formula is C31H35N7O7. The predicted molar refractivity (Wildman–Crippen MR) is 164 cm³/mol. The minimum absolute atomic E-state index is 0.0827. The molecular weight excluding hydrogens is 582 g/mol. The lowest BCUT2D eigenvalue weighted by Crippen LogP contribution is -2.28. The van der Waals surface area contributed by atoms with Gasteiger partial charge in [0.15, 0.2) is 0 Å². The van der Waals surface area contributed by atoms with Crippen molar-refractivity contribution in [2.24, 2.45) is 0 Å². The number of benzene rings is 1. The number of fused-ring (bicyclic) bond motifs is 2. The van der Waals surface area contributed by atoms with Crippen molar-refractivity contribution in [2.45, 2.75) is 53.8 Å². The number of carbonyl (C=O) groups excluding carboxylic acids is 2. The van der Waals surface area contributed by atoms with E-state index in [1.807, 2.05) is 36.1 Å². The second kappa shape index (κ2) is 12.8. The highest BCUT2D eigenvalue weighted by molar-refractivity contribution is 6.08. The predicted octanol–water partition coefficient (Wildman–Crippen LogP) is 4.67. The normalized spacial score (nSPS) is 12.2. The second-order valence-corrected chi connectivity index (χ2v) is 10.2. The Kier molecular flexibility index (Phi) is 8.86. The van der Waals surface area contributed by atoms with Gasteiger partial charge in [-0.25, -0.2) is 19.6 Å². The Morgan fingerprint density at radius 1 is 0.822 bits per heavy atom. The van der Waals surface area contributed by atoms with E-state index in [4.69, 9.17) is 34.5 Å². The molecule has 4 aromatic heterocycles. The van der Waals surface area contributed by atoms with Crippen molar-refractivity contribution in [3.8, 4) is 5.75 Å². The van der Waals surface area contributed by atoms with E-state index in [1.165, 1.54) is 0 Å². The SMILES string of the molecule is CCOC(=O)c1c(C)oc2nc(CN(Cc3nc(N)c4c(C(=O)OCC)c(C)oc4n3)[C@@H](C)c3ccccc3OC)nc(N)c12. The van der Waals surface area contributed by atoms with E-state index < -0.39 is 11.9 Å². The molecule has 4 heterocycles. The number of anilines is 2. The van der Waals surface area contributed by atoms with Crippen LogP contribution in [0.3, 0.4) is 0 Å². The highest BCUT2D eigenvalue weighted by atomic mass is 16.5. The Morgan fingerprint density at radius 2 is 1.29 bits per heavy atom. The standard InChI is InChI=1S/C31H35N7O7/c1-7-42-30(39)22-16(4)44-28-24(22)26(32)34-20(36-28)13-38(15(3)18-11-9-10-12-19(18)41-6)14-21-35-27(33)25-23(31(40)43-8-2)17(5)45-29(25)37-21/h9-12,15H,7-8,13-14H2,1-6H3,(H2,32,34,36)(H2,33,35,37)/t15-/m0/s1. The second-order valence-electron chi connectivity index (χ2n) is 10.2. The van der Waals surface area contributed by atoms with Gasteiger partial charge in [-0.15, -0.1) is 0 Å². The van der Waals surface area contributed by atoms with Crippen LogP contribution < -0.4 is 16.2 Å². The van der Waals surface area contributed by atoms with E-state index >= 15 is 0 Å². The summed E-state index contributed by atoms with van der Waals surface area (Å²) in [5, 5.41) is 0.595. The summed E-state index contributed by atoms with van der Waals surface area (Å²) in [6.45, 7) is 9.43. The molecule has 0 amide bonds. The van der Waals surface area contributed by atoms with Gasteiger partial charge in [-0.1, -0.05) is 18.2 Å². The monoisotopic (exact) mass is 617 g/mol. The molecule has 4 N–H and O–H groups in total. The van der Waals surface area contributed by atoms with Gasteiger partial charge in [0.05, 0.1) is 44.2 Å². The number of rotatable bonds is 11. The quantitative estimate of drug-likeness (QED) is 0.194. The lowest BCUT2D eigenvalue weighted by molar-refractivity contribution is 0.0516. The van der Waals surface area contributed by atoms with Crippen molar-refractivity contribution >= 4 is 45.8 Å². The van der Waals surface area contributed by atoms with Gasteiger partial charge in [0.25, 0.3) is 0 Å². The molecule has 0 saturated heterocycles. The maximum Gasteiger partial charge on any atom is 0.342 e. The number of aromatic nitrogens is 4. The molecule has 5 aromatic rings. The first-order chi connectivity index (χ1) is 21.6. The third-order valence-electron chi connectivity index (χ3n) is 7.39. The van der Waals surface area contributed by atoms with Gasteiger partial charge in [-0.05, 0) is 40.7 Å². The van der Waals surface area contributed by atoms with Crippen LogP contribution in [0.4, 0.5) is 11.6 Å². The van der Waals surface area contributed by atoms with Crippen LogP contribution in [0.25, 0.3) is 22.2 Å². The summed E-state index contributed by atoms with van der Waals surface area (Å²) in [4.78, 5) is 45.5. The summed E-state index contributed by atoms with van der Waals surface area (Å²) in [5.74, 6) is 1.04. The first kappa shape index (κ1) is 31.2. The van der Waals surface area contributed by atoms with Gasteiger partial charge in [0, 0.05) is 11.6 Å². The van der Waals surface area contributed by atoms with Crippen molar-refractivity contribution in [2.75, 3.05) is 31.8 Å². The fourth-order valence-corrected chi connectivity index (χ4v) is 5.31. The Hall–Kier alpha value is -5.24. The summed E-state index contributed by atoms with van der Waals surface area (Å²) in [6, 6.07) is 7.35. The molecule has 14 nitrogen and oxygen atoms in total. The van der Waals surface area contributed by atoms with E-state index in [0.717, 1.165) is 5.56 Å². The van der Waals surface area contributed by atoms with Crippen molar-refractivity contribution in [3.05, 3.63) is 64.1 Å². The molecule has 236 valence electrons. The molecule has 0 radical (unpaired) electrons. The van der Waals surface area contributed by atoms with Gasteiger partial charge in [0.2, 0.25) is 11.4 Å². The van der Waals surface area contributed by atoms with Crippen molar-refractivity contribution in [1.82, 2.24) is 24.8 Å². The van der Waals surface area contributed by atoms with E-state index in [2.05, 4.69) is 19.9 Å². The largest absolute Gasteiger partial charge is 0.496 e. The van der Waals surface area contributed by atoms with Gasteiger partial charge >= 0.3 is 11.9 Å². The number of nitrogens with zero attached hydrogens (tertiary/aromatic N) is 5. The molecule has 0 spiro atoms. The molecule has 14 heteroatoms. The summed E-state index contributed by atoms with van der Waals surface area (Å²) >= 11 is 0. The third kappa shape index (κ3) is 5.96. The first-order valence-electron chi connectivity index (χ1n) is 14.4. The lowest BCUT2D eigenvalue weighted by Gasteiger charge is -2.29. The summed E-state index contributed by atoms with van der Waals surface area (Å²) < 4.78 is 27.6. The molecule has 0 aliphatic rings. The topological polar surface area (TPSA) is 195 Å². The molecule has 0 saturated carbocycles. The van der Waals surface area contributed by atoms with Crippen LogP contribution >= 0.6 is 0 Å². The number of hydrogen-bond acceptors (Lipinski definition) is 14. The van der Waals surface area contributed by atoms with Crippen molar-refractivity contribution in [3.63, 3.8) is 0 Å². The number of methoxy groups -OCH3 is 1. The zero-order chi connectivity index (χ0) is 32.4. The highest BCUT2D eigenvalue weighted by Crippen LogP contribution is 2.34. The maximum absolute atomic E-state index is 12.6. The van der Waals surface area contributed by atoms with E-state index in [9.17, 15) is 9.59 Å². The van der Waals surface area contributed by atoms with Crippen LogP contribution in [0.5, 0.6) is 5.75 Å². The van der Waals surface area contributed by atoms with Crippen LogP contribution in [-0.2, 0) is 22.6 Å². The molecule has 1 atom stereocenters. The number of ether oxygens (including phenoxy) is 3. The highest BCUT2D eigenvalue weighted by Gasteiger charge is 2.28. The number of aryl methyl sites for hydroxylation is 2. The molecule has 0 aliphatic heterocycles. The average Bonchev–Trinajstić information content (AvgIpc) is 3.52. The lowest BCUT2D eigenvalue weighted by atomic mass is 10.1. The molecule has 0 bridgehead atoms. The van der Waals surface area contributed by atoms with Crippen LogP contribution in [0.15, 0.2) is 33.1 Å². The molecule has 0 fully saturated rings. The zero-order valence-corrected chi connectivity index (χ0v) is 26.0. The van der Waals surface area contributed by atoms with E-state index in [1.54, 1.807) is 34.8 Å². The summed E-state index contributed by atoms with van der Waals surface area (Å²) in [7, 11) is 1.60. The Balaban J connectivity index is 1.56. The molecule has 0 unspecified atom stereocenters. The molecule has 0 aliphatic carbocycles. The summed E-state index contributed by atoms with van der Waals surface area (Å²) in [5.41, 5.74) is 14.3. The maximum atomic E-state index is 12.6. The van der Waals surface area contributed by atoms with Gasteiger partial charge < -0.3 is 34.5 Å². The Morgan fingerprint density at radius 3 is 1.73 bits per heavy atom. The Bertz CT molecular complexity index is 1790. The minimum atomic E-state index is -0.562. The molecule has 45 heavy (non-hydrogen) atoms. The van der Waals surface area contributed by atoms with Crippen LogP contribution in [0.2, 0.25) is 0 Å². The van der Waals surface area contributed by atoms with Crippen LogP contribution in [0, 0.1) is 13.8 Å². The van der Waals surface area contributed by atoms with Crippen LogP contribution in [0.1, 0.15) is 76.3 Å². The van der Waals surface area contributed by atoms with Crippen LogP contribution in [-0.4, -0.2) is 57.1 Å². The van der Waals surface area contributed by atoms with E-state index in [0.29, 0.717) is 39.7 Å². The Labute approximate surface area is 258 Å².